The molecule has 8 heteroatoms. The number of rotatable bonds is 11. The second-order valence-electron chi connectivity index (χ2n) is 9.74. The van der Waals surface area contributed by atoms with E-state index in [0.717, 1.165) is 74.3 Å². The number of aryl methyl sites for hydroxylation is 1. The molecule has 0 atom stereocenters. The molecule has 2 aliphatic carbocycles. The van der Waals surface area contributed by atoms with Crippen molar-refractivity contribution in [1.82, 2.24) is 15.3 Å². The van der Waals surface area contributed by atoms with Crippen molar-refractivity contribution in [2.75, 3.05) is 18.6 Å². The van der Waals surface area contributed by atoms with E-state index in [4.69, 9.17) is 13.8 Å². The lowest BCUT2D eigenvalue weighted by atomic mass is 9.88. The molecule has 186 valence electrons. The molecule has 2 aromatic heterocycles. The van der Waals surface area contributed by atoms with E-state index in [1.807, 2.05) is 29.2 Å². The molecule has 2 fully saturated rings. The zero-order valence-electron chi connectivity index (χ0n) is 20.4. The summed E-state index contributed by atoms with van der Waals surface area (Å²) in [6.45, 7) is 0.693. The fourth-order valence-corrected chi connectivity index (χ4v) is 4.86. The number of carbonyl (C=O) groups excluding carboxylic acids is 1. The summed E-state index contributed by atoms with van der Waals surface area (Å²) >= 11 is 0. The number of hydrogen-bond acceptors (Lipinski definition) is 7. The van der Waals surface area contributed by atoms with Crippen LogP contribution in [0.4, 0.5) is 5.69 Å². The van der Waals surface area contributed by atoms with Crippen LogP contribution in [-0.2, 0) is 11.2 Å². The first-order valence-corrected chi connectivity index (χ1v) is 13.0. The first-order valence-electron chi connectivity index (χ1n) is 13.0. The molecule has 0 unspecified atom stereocenters. The monoisotopic (exact) mass is 478 g/mol. The van der Waals surface area contributed by atoms with Crippen molar-refractivity contribution in [1.29, 1.82) is 0 Å². The van der Waals surface area contributed by atoms with Crippen LogP contribution in [0.25, 0.3) is 11.3 Å². The van der Waals surface area contributed by atoms with E-state index >= 15 is 0 Å². The minimum Gasteiger partial charge on any atom is -0.467 e. The van der Waals surface area contributed by atoms with E-state index in [9.17, 15) is 4.79 Å². The van der Waals surface area contributed by atoms with Crippen LogP contribution >= 0.6 is 0 Å². The van der Waals surface area contributed by atoms with Gasteiger partial charge in [-0.25, -0.2) is 0 Å². The predicted octanol–water partition coefficient (Wildman–Crippen LogP) is 5.94. The van der Waals surface area contributed by atoms with Gasteiger partial charge in [-0.05, 0) is 50.7 Å². The van der Waals surface area contributed by atoms with Gasteiger partial charge in [-0.3, -0.25) is 4.79 Å². The van der Waals surface area contributed by atoms with E-state index in [-0.39, 0.29) is 11.8 Å². The number of carbonyl (C=O) groups is 1. The molecule has 5 rings (SSSR count). The molecule has 0 bridgehead atoms. The third-order valence-electron chi connectivity index (χ3n) is 7.06. The lowest BCUT2D eigenvalue weighted by Gasteiger charge is -2.30. The molecule has 1 aromatic carbocycles. The third-order valence-corrected chi connectivity index (χ3v) is 7.06. The third kappa shape index (κ3) is 5.92. The van der Waals surface area contributed by atoms with Crippen LogP contribution in [-0.4, -0.2) is 34.9 Å². The van der Waals surface area contributed by atoms with Gasteiger partial charge in [-0.15, -0.1) is 0 Å². The lowest BCUT2D eigenvalue weighted by Crippen LogP contribution is -2.38. The van der Waals surface area contributed by atoms with Gasteiger partial charge in [0, 0.05) is 36.1 Å². The average molecular weight is 479 g/mol. The van der Waals surface area contributed by atoms with E-state index in [0.29, 0.717) is 24.1 Å². The van der Waals surface area contributed by atoms with Gasteiger partial charge in [-0.2, -0.15) is 4.98 Å². The van der Waals surface area contributed by atoms with Crippen molar-refractivity contribution in [2.24, 2.45) is 5.92 Å². The molecule has 35 heavy (non-hydrogen) atoms. The minimum atomic E-state index is 0.110. The molecule has 0 radical (unpaired) electrons. The molecule has 0 N–H and O–H groups in total. The van der Waals surface area contributed by atoms with Crippen LogP contribution in [0.1, 0.15) is 81.8 Å². The van der Waals surface area contributed by atoms with Crippen molar-refractivity contribution in [3.05, 3.63) is 42.0 Å². The van der Waals surface area contributed by atoms with Crippen LogP contribution in [0.15, 0.2) is 39.4 Å². The van der Waals surface area contributed by atoms with Crippen molar-refractivity contribution in [3.8, 4) is 17.2 Å². The topological polar surface area (TPSA) is 94.5 Å². The van der Waals surface area contributed by atoms with E-state index in [1.54, 1.807) is 13.2 Å². The van der Waals surface area contributed by atoms with Gasteiger partial charge in [0.25, 0.3) is 0 Å². The molecule has 8 nitrogen and oxygen atoms in total. The zero-order valence-corrected chi connectivity index (χ0v) is 20.4. The van der Waals surface area contributed by atoms with Crippen LogP contribution < -0.4 is 9.64 Å². The van der Waals surface area contributed by atoms with Crippen molar-refractivity contribution >= 4 is 11.6 Å². The number of unbranched alkanes of at least 4 members (excludes halogenated alkanes) is 2. The van der Waals surface area contributed by atoms with Gasteiger partial charge >= 0.3 is 5.95 Å². The second-order valence-corrected chi connectivity index (χ2v) is 9.74. The normalized spacial score (nSPS) is 16.4. The quantitative estimate of drug-likeness (QED) is 0.315. The average Bonchev–Trinajstić information content (AvgIpc) is 3.45. The lowest BCUT2D eigenvalue weighted by molar-refractivity contribution is -0.123. The summed E-state index contributed by atoms with van der Waals surface area (Å²) in [6.07, 6.45) is 11.5. The van der Waals surface area contributed by atoms with Gasteiger partial charge < -0.3 is 18.7 Å². The minimum absolute atomic E-state index is 0.110. The zero-order chi connectivity index (χ0) is 24.0. The molecular formula is C27H34N4O4. The van der Waals surface area contributed by atoms with Crippen LogP contribution in [0.3, 0.4) is 0 Å². The fourth-order valence-electron chi connectivity index (χ4n) is 4.86. The summed E-state index contributed by atoms with van der Waals surface area (Å²) in [4.78, 5) is 20.1. The Balaban J connectivity index is 1.23. The molecule has 2 heterocycles. The van der Waals surface area contributed by atoms with E-state index < -0.39 is 0 Å². The highest BCUT2D eigenvalue weighted by Gasteiger charge is 2.29. The summed E-state index contributed by atoms with van der Waals surface area (Å²) in [5.41, 5.74) is 2.50. The largest absolute Gasteiger partial charge is 0.467 e. The smallest absolute Gasteiger partial charge is 0.311 e. The molecule has 2 aliphatic rings. The number of hydrogen-bond donors (Lipinski definition) is 0. The van der Waals surface area contributed by atoms with Gasteiger partial charge in [0.1, 0.15) is 5.69 Å². The molecular weight excluding hydrogens is 444 g/mol. The highest BCUT2D eigenvalue weighted by atomic mass is 16.6. The second kappa shape index (κ2) is 11.1. The maximum atomic E-state index is 13.6. The van der Waals surface area contributed by atoms with E-state index in [1.165, 1.54) is 19.3 Å². The summed E-state index contributed by atoms with van der Waals surface area (Å²) in [5, 5.41) is 8.20. The van der Waals surface area contributed by atoms with Crippen molar-refractivity contribution in [2.45, 2.75) is 76.5 Å². The summed E-state index contributed by atoms with van der Waals surface area (Å²) in [6, 6.07) is 9.75. The molecule has 1 amide bonds. The Labute approximate surface area is 206 Å². The number of ether oxygens (including phenoxy) is 1. The van der Waals surface area contributed by atoms with Gasteiger partial charge in [0.15, 0.2) is 5.82 Å². The molecule has 3 aromatic rings. The number of anilines is 1. The number of aromatic nitrogens is 3. The Bertz CT molecular complexity index is 1110. The Kier molecular flexibility index (Phi) is 7.45. The maximum Gasteiger partial charge on any atom is 0.311 e. The first-order chi connectivity index (χ1) is 17.2. The Hall–Kier alpha value is -3.16. The SMILES string of the molecule is COc1cc(-c2cccc(N(CCCCCc3nc(C4CC4)no3)C(=O)C3CCCCC3)c2)no1. The Morgan fingerprint density at radius 2 is 1.89 bits per heavy atom. The molecule has 0 saturated heterocycles. The number of amides is 1. The Morgan fingerprint density at radius 1 is 1.03 bits per heavy atom. The van der Waals surface area contributed by atoms with Gasteiger partial charge in [-0.1, -0.05) is 48.1 Å². The Morgan fingerprint density at radius 3 is 2.66 bits per heavy atom. The predicted molar refractivity (Wildman–Crippen MR) is 131 cm³/mol. The van der Waals surface area contributed by atoms with Crippen LogP contribution in [0.5, 0.6) is 5.95 Å². The fraction of sp³-hybridized carbons (Fsp3) is 0.556. The van der Waals surface area contributed by atoms with Gasteiger partial charge in [0.05, 0.1) is 13.2 Å². The molecule has 0 spiro atoms. The van der Waals surface area contributed by atoms with Crippen molar-refractivity contribution in [3.63, 3.8) is 0 Å². The number of nitrogens with zero attached hydrogens (tertiary/aromatic N) is 4. The van der Waals surface area contributed by atoms with Gasteiger partial charge in [0.2, 0.25) is 11.8 Å². The highest BCUT2D eigenvalue weighted by molar-refractivity contribution is 5.95. The van der Waals surface area contributed by atoms with Crippen molar-refractivity contribution < 1.29 is 18.6 Å². The first kappa shape index (κ1) is 23.6. The maximum absolute atomic E-state index is 13.6. The molecule has 2 saturated carbocycles. The van der Waals surface area contributed by atoms with Crippen LogP contribution in [0, 0.1) is 5.92 Å². The van der Waals surface area contributed by atoms with E-state index in [2.05, 4.69) is 15.3 Å². The van der Waals surface area contributed by atoms with Crippen LogP contribution in [0.2, 0.25) is 0 Å². The number of benzene rings is 1. The number of methoxy groups -OCH3 is 1. The standard InChI is InChI=1S/C27H34N4O4/c1-33-25-18-23(29-35-25)21-11-8-12-22(17-21)31(27(32)20-9-4-2-5-10-20)16-7-3-6-13-24-28-26(30-34-24)19-14-15-19/h8,11-12,17-20H,2-7,9-10,13-16H2,1H3. The highest BCUT2D eigenvalue weighted by Crippen LogP contribution is 2.38. The summed E-state index contributed by atoms with van der Waals surface area (Å²) in [5.74, 6) is 2.84. The summed E-state index contributed by atoms with van der Waals surface area (Å²) < 4.78 is 15.7. The molecule has 0 aliphatic heterocycles. The summed E-state index contributed by atoms with van der Waals surface area (Å²) in [7, 11) is 1.55.